The number of nitrogens with one attached hydrogen (secondary N) is 2. The number of aromatic amines is 1. The Labute approximate surface area is 117 Å². The van der Waals surface area contributed by atoms with Crippen molar-refractivity contribution in [2.24, 2.45) is 0 Å². The fraction of sp³-hybridized carbons (Fsp3) is 0.286. The predicted molar refractivity (Wildman–Crippen MR) is 77.6 cm³/mol. The van der Waals surface area contributed by atoms with Crippen LogP contribution >= 0.6 is 0 Å². The van der Waals surface area contributed by atoms with E-state index in [9.17, 15) is 4.79 Å². The zero-order valence-electron chi connectivity index (χ0n) is 11.3. The second kappa shape index (κ2) is 6.60. The van der Waals surface area contributed by atoms with Crippen LogP contribution in [0.1, 0.15) is 18.9 Å². The first-order valence-electron chi connectivity index (χ1n) is 6.49. The smallest absolute Gasteiger partial charge is 0.228 e. The fourth-order valence-electron chi connectivity index (χ4n) is 1.76. The van der Waals surface area contributed by atoms with Gasteiger partial charge >= 0.3 is 0 Å². The Morgan fingerprint density at radius 2 is 2.35 bits per heavy atom. The van der Waals surface area contributed by atoms with E-state index in [1.165, 1.54) is 0 Å². The second-order valence-electron chi connectivity index (χ2n) is 4.34. The van der Waals surface area contributed by atoms with E-state index in [1.54, 1.807) is 24.4 Å². The maximum absolute atomic E-state index is 11.8. The molecule has 1 aromatic heterocycles. The van der Waals surface area contributed by atoms with Gasteiger partial charge in [-0.25, -0.2) is 0 Å². The molecule has 0 aliphatic rings. The Hall–Kier alpha value is -2.50. The van der Waals surface area contributed by atoms with Crippen molar-refractivity contribution in [3.05, 3.63) is 36.0 Å². The molecule has 0 aliphatic heterocycles. The van der Waals surface area contributed by atoms with E-state index in [0.717, 1.165) is 12.0 Å². The predicted octanol–water partition coefficient (Wildman–Crippen LogP) is 1.96. The van der Waals surface area contributed by atoms with Gasteiger partial charge < -0.3 is 15.8 Å². The molecule has 1 amide bonds. The van der Waals surface area contributed by atoms with Crippen LogP contribution in [0.15, 0.2) is 30.5 Å². The van der Waals surface area contributed by atoms with Crippen LogP contribution in [0.5, 0.6) is 5.75 Å². The van der Waals surface area contributed by atoms with Crippen LogP contribution < -0.4 is 15.8 Å². The Morgan fingerprint density at radius 1 is 1.50 bits per heavy atom. The number of aryl methyl sites for hydroxylation is 1. The van der Waals surface area contributed by atoms with Crippen LogP contribution in [-0.4, -0.2) is 22.7 Å². The first kappa shape index (κ1) is 13.9. The van der Waals surface area contributed by atoms with E-state index in [-0.39, 0.29) is 12.3 Å². The minimum absolute atomic E-state index is 0.118. The van der Waals surface area contributed by atoms with Gasteiger partial charge in [-0.1, -0.05) is 13.0 Å². The lowest BCUT2D eigenvalue weighted by Crippen LogP contribution is -2.16. The van der Waals surface area contributed by atoms with E-state index in [2.05, 4.69) is 15.5 Å². The molecule has 2 aromatic rings. The standard InChI is InChI=1S/C14H18N4O2/c1-2-10-9-16-18-14(10)17-13(19)6-7-20-12-5-3-4-11(15)8-12/h3-5,8-9H,2,6-7,15H2,1H3,(H2,16,17,18,19). The highest BCUT2D eigenvalue weighted by atomic mass is 16.5. The first-order chi connectivity index (χ1) is 9.69. The van der Waals surface area contributed by atoms with Crippen molar-refractivity contribution in [1.29, 1.82) is 0 Å². The number of H-pyrrole nitrogens is 1. The molecule has 0 bridgehead atoms. The van der Waals surface area contributed by atoms with Gasteiger partial charge in [0.05, 0.1) is 19.2 Å². The topological polar surface area (TPSA) is 93.0 Å². The maximum atomic E-state index is 11.8. The molecular weight excluding hydrogens is 256 g/mol. The molecule has 4 N–H and O–H groups in total. The molecule has 0 aliphatic carbocycles. The largest absolute Gasteiger partial charge is 0.493 e. The number of anilines is 2. The van der Waals surface area contributed by atoms with Gasteiger partial charge in [0.2, 0.25) is 5.91 Å². The Kier molecular flexibility index (Phi) is 4.60. The minimum atomic E-state index is -0.118. The van der Waals surface area contributed by atoms with Crippen molar-refractivity contribution in [2.45, 2.75) is 19.8 Å². The number of carbonyl (C=O) groups is 1. The van der Waals surface area contributed by atoms with Gasteiger partial charge in [0, 0.05) is 17.3 Å². The van der Waals surface area contributed by atoms with Gasteiger partial charge in [-0.05, 0) is 18.6 Å². The Bertz CT molecular complexity index is 580. The third kappa shape index (κ3) is 3.74. The summed E-state index contributed by atoms with van der Waals surface area (Å²) in [4.78, 5) is 11.8. The average Bonchev–Trinajstić information content (AvgIpc) is 2.86. The molecular formula is C14H18N4O2. The van der Waals surface area contributed by atoms with E-state index in [0.29, 0.717) is 23.9 Å². The number of nitrogen functional groups attached to an aromatic ring is 1. The molecule has 1 aromatic carbocycles. The molecule has 0 saturated carbocycles. The molecule has 6 heteroatoms. The molecule has 6 nitrogen and oxygen atoms in total. The summed E-state index contributed by atoms with van der Waals surface area (Å²) >= 11 is 0. The monoisotopic (exact) mass is 274 g/mol. The lowest BCUT2D eigenvalue weighted by molar-refractivity contribution is -0.116. The normalized spacial score (nSPS) is 10.2. The zero-order valence-corrected chi connectivity index (χ0v) is 11.3. The first-order valence-corrected chi connectivity index (χ1v) is 6.49. The Morgan fingerprint density at radius 3 is 3.10 bits per heavy atom. The van der Waals surface area contributed by atoms with Gasteiger partial charge in [-0.15, -0.1) is 0 Å². The summed E-state index contributed by atoms with van der Waals surface area (Å²) in [5.41, 5.74) is 7.26. The highest BCUT2D eigenvalue weighted by Gasteiger charge is 2.08. The highest BCUT2D eigenvalue weighted by Crippen LogP contribution is 2.15. The summed E-state index contributed by atoms with van der Waals surface area (Å²) in [5, 5.41) is 9.44. The zero-order chi connectivity index (χ0) is 14.4. The average molecular weight is 274 g/mol. The van der Waals surface area contributed by atoms with E-state index in [4.69, 9.17) is 10.5 Å². The SMILES string of the molecule is CCc1cn[nH]c1NC(=O)CCOc1cccc(N)c1. The number of benzene rings is 1. The van der Waals surface area contributed by atoms with Crippen LogP contribution in [-0.2, 0) is 11.2 Å². The summed E-state index contributed by atoms with van der Waals surface area (Å²) < 4.78 is 5.47. The molecule has 20 heavy (non-hydrogen) atoms. The third-order valence-corrected chi connectivity index (χ3v) is 2.82. The maximum Gasteiger partial charge on any atom is 0.228 e. The fourth-order valence-corrected chi connectivity index (χ4v) is 1.76. The molecule has 0 spiro atoms. The number of aromatic nitrogens is 2. The number of rotatable bonds is 6. The van der Waals surface area contributed by atoms with Crippen LogP contribution in [0, 0.1) is 0 Å². The number of ether oxygens (including phenoxy) is 1. The number of hydrogen-bond donors (Lipinski definition) is 3. The van der Waals surface area contributed by atoms with Crippen LogP contribution in [0.4, 0.5) is 11.5 Å². The summed E-state index contributed by atoms with van der Waals surface area (Å²) in [6.45, 7) is 2.30. The number of hydrogen-bond acceptors (Lipinski definition) is 4. The summed E-state index contributed by atoms with van der Waals surface area (Å²) in [6, 6.07) is 7.12. The molecule has 0 unspecified atom stereocenters. The van der Waals surface area contributed by atoms with Crippen molar-refractivity contribution in [1.82, 2.24) is 10.2 Å². The van der Waals surface area contributed by atoms with Crippen LogP contribution in [0.3, 0.4) is 0 Å². The molecule has 0 atom stereocenters. The van der Waals surface area contributed by atoms with Crippen molar-refractivity contribution in [2.75, 3.05) is 17.7 Å². The number of amides is 1. The van der Waals surface area contributed by atoms with E-state index < -0.39 is 0 Å². The Balaban J connectivity index is 1.78. The van der Waals surface area contributed by atoms with Crippen molar-refractivity contribution in [3.63, 3.8) is 0 Å². The quantitative estimate of drug-likeness (QED) is 0.702. The van der Waals surface area contributed by atoms with Crippen molar-refractivity contribution >= 4 is 17.4 Å². The molecule has 0 saturated heterocycles. The van der Waals surface area contributed by atoms with Gasteiger partial charge in [-0.2, -0.15) is 5.10 Å². The minimum Gasteiger partial charge on any atom is -0.493 e. The summed E-state index contributed by atoms with van der Waals surface area (Å²) in [7, 11) is 0. The summed E-state index contributed by atoms with van der Waals surface area (Å²) in [5.74, 6) is 1.20. The molecule has 1 heterocycles. The van der Waals surface area contributed by atoms with Crippen LogP contribution in [0.2, 0.25) is 0 Å². The van der Waals surface area contributed by atoms with E-state index in [1.807, 2.05) is 13.0 Å². The second-order valence-corrected chi connectivity index (χ2v) is 4.34. The highest BCUT2D eigenvalue weighted by molar-refractivity contribution is 5.90. The van der Waals surface area contributed by atoms with Gasteiger partial charge in [0.1, 0.15) is 11.6 Å². The van der Waals surface area contributed by atoms with Gasteiger partial charge in [-0.3, -0.25) is 9.89 Å². The molecule has 0 radical (unpaired) electrons. The lowest BCUT2D eigenvalue weighted by atomic mass is 10.2. The van der Waals surface area contributed by atoms with E-state index >= 15 is 0 Å². The lowest BCUT2D eigenvalue weighted by Gasteiger charge is -2.07. The molecule has 106 valence electrons. The molecule has 2 rings (SSSR count). The summed E-state index contributed by atoms with van der Waals surface area (Å²) in [6.07, 6.45) is 2.78. The number of nitrogens with two attached hydrogens (primary N) is 1. The molecule has 0 fully saturated rings. The third-order valence-electron chi connectivity index (χ3n) is 2.82. The van der Waals surface area contributed by atoms with Crippen molar-refractivity contribution in [3.8, 4) is 5.75 Å². The number of nitrogens with zero attached hydrogens (tertiary/aromatic N) is 1. The van der Waals surface area contributed by atoms with Crippen LogP contribution in [0.25, 0.3) is 0 Å². The van der Waals surface area contributed by atoms with Gasteiger partial charge in [0.25, 0.3) is 0 Å². The van der Waals surface area contributed by atoms with Crippen molar-refractivity contribution < 1.29 is 9.53 Å². The number of carbonyl (C=O) groups excluding carboxylic acids is 1. The van der Waals surface area contributed by atoms with Gasteiger partial charge in [0.15, 0.2) is 0 Å².